The highest BCUT2D eigenvalue weighted by Gasteiger charge is 2.77. The van der Waals surface area contributed by atoms with E-state index in [-0.39, 0.29) is 41.8 Å². The maximum absolute atomic E-state index is 13.7. The van der Waals surface area contributed by atoms with E-state index in [2.05, 4.69) is 15.9 Å². The fourth-order valence-corrected chi connectivity index (χ4v) is 7.77. The van der Waals surface area contributed by atoms with Crippen LogP contribution in [0.1, 0.15) is 51.1 Å². The van der Waals surface area contributed by atoms with Crippen LogP contribution in [-0.4, -0.2) is 59.3 Å². The molecule has 2 aliphatic heterocycles. The molecular weight excluding hydrogens is 563 g/mol. The molecule has 8 nitrogen and oxygen atoms in total. The molecule has 0 aromatic carbocycles. The molecule has 2 saturated heterocycles. The van der Waals surface area contributed by atoms with Crippen molar-refractivity contribution in [3.8, 4) is 0 Å². The Bertz CT molecular complexity index is 1190. The molecule has 4 amide bonds. The smallest absolute Gasteiger partial charge is 0.254 e. The lowest BCUT2D eigenvalue weighted by Crippen LogP contribution is -2.60. The first kappa shape index (κ1) is 25.0. The van der Waals surface area contributed by atoms with Crippen molar-refractivity contribution >= 4 is 62.8 Å². The second-order valence-corrected chi connectivity index (χ2v) is 12.4. The molecule has 1 saturated carbocycles. The quantitative estimate of drug-likeness (QED) is 0.252. The minimum absolute atomic E-state index is 0.0692. The Morgan fingerprint density at radius 1 is 1.11 bits per heavy atom. The first-order valence-electron chi connectivity index (χ1n) is 11.4. The monoisotopic (exact) mass is 586 g/mol. The summed E-state index contributed by atoms with van der Waals surface area (Å²) in [5.41, 5.74) is -0.144. The number of likely N-dealkylation sites (tertiary alicyclic amines) is 2. The molecule has 3 fully saturated rings. The Kier molecular flexibility index (Phi) is 5.65. The molecule has 35 heavy (non-hydrogen) atoms. The lowest BCUT2D eigenvalue weighted by molar-refractivity contribution is -0.146. The number of hydrogen-bond acceptors (Lipinski definition) is 6. The molecule has 0 radical (unpaired) electrons. The maximum atomic E-state index is 13.7. The number of rotatable bonds is 3. The van der Waals surface area contributed by atoms with Crippen LogP contribution in [0.25, 0.3) is 0 Å². The standard InChI is InChI=1S/C24H25BrCl2N2O6/c1-22(2,3)29-18(31)13-6-5-12-14(16(13)19(29)32)8-23(26)20(33)28(10-25)21(34)24(23,27)17(12)15-7-4-11(9-30)35-15/h4-5,7,13-14,16-17,30H,6,8-10H2,1-3H3. The third-order valence-corrected chi connectivity index (χ3v) is 9.72. The molecule has 4 aliphatic rings. The van der Waals surface area contributed by atoms with Gasteiger partial charge < -0.3 is 9.52 Å². The van der Waals surface area contributed by atoms with Gasteiger partial charge in [-0.2, -0.15) is 0 Å². The molecule has 11 heteroatoms. The number of aliphatic hydroxyl groups excluding tert-OH is 1. The Balaban J connectivity index is 1.71. The second-order valence-electron chi connectivity index (χ2n) is 10.6. The lowest BCUT2D eigenvalue weighted by Gasteiger charge is -2.49. The Morgan fingerprint density at radius 3 is 2.37 bits per heavy atom. The van der Waals surface area contributed by atoms with Crippen LogP contribution in [0.4, 0.5) is 0 Å². The number of aliphatic hydroxyl groups is 1. The second kappa shape index (κ2) is 7.91. The molecule has 1 N–H and O–H groups in total. The number of allylic oxidation sites excluding steroid dienone is 2. The minimum Gasteiger partial charge on any atom is -0.463 e. The number of halogens is 3. The molecule has 188 valence electrons. The van der Waals surface area contributed by atoms with Crippen LogP contribution in [-0.2, 0) is 25.8 Å². The van der Waals surface area contributed by atoms with Gasteiger partial charge in [0.15, 0.2) is 9.75 Å². The van der Waals surface area contributed by atoms with Gasteiger partial charge in [0.25, 0.3) is 11.8 Å². The third kappa shape index (κ3) is 3.07. The van der Waals surface area contributed by atoms with E-state index in [9.17, 15) is 24.3 Å². The summed E-state index contributed by atoms with van der Waals surface area (Å²) in [6.45, 7) is 5.04. The predicted molar refractivity (Wildman–Crippen MR) is 130 cm³/mol. The van der Waals surface area contributed by atoms with Crippen molar-refractivity contribution in [2.75, 3.05) is 5.45 Å². The lowest BCUT2D eigenvalue weighted by atomic mass is 9.57. The van der Waals surface area contributed by atoms with E-state index in [4.69, 9.17) is 27.6 Å². The molecule has 5 rings (SSSR count). The summed E-state index contributed by atoms with van der Waals surface area (Å²) in [6.07, 6.45) is 2.08. The summed E-state index contributed by atoms with van der Waals surface area (Å²) < 4.78 is 5.84. The van der Waals surface area contributed by atoms with Gasteiger partial charge in [-0.15, -0.1) is 23.2 Å². The number of hydrogen-bond donors (Lipinski definition) is 1. The molecule has 2 aliphatic carbocycles. The van der Waals surface area contributed by atoms with Crippen molar-refractivity contribution in [3.05, 3.63) is 35.3 Å². The van der Waals surface area contributed by atoms with Crippen molar-refractivity contribution in [1.29, 1.82) is 0 Å². The topological polar surface area (TPSA) is 108 Å². The van der Waals surface area contributed by atoms with Crippen molar-refractivity contribution in [2.45, 2.75) is 61.4 Å². The number of fused-ring (bicyclic) bond motifs is 4. The number of imide groups is 2. The van der Waals surface area contributed by atoms with E-state index in [1.165, 1.54) is 4.90 Å². The van der Waals surface area contributed by atoms with Crippen LogP contribution in [0.15, 0.2) is 28.2 Å². The number of furan rings is 1. The van der Waals surface area contributed by atoms with E-state index in [1.54, 1.807) is 32.9 Å². The largest absolute Gasteiger partial charge is 0.463 e. The Morgan fingerprint density at radius 2 is 1.80 bits per heavy atom. The van der Waals surface area contributed by atoms with E-state index in [0.717, 1.165) is 4.90 Å². The normalized spacial score (nSPS) is 36.9. The number of carbonyl (C=O) groups is 4. The van der Waals surface area contributed by atoms with E-state index in [1.807, 2.05) is 6.08 Å². The van der Waals surface area contributed by atoms with Gasteiger partial charge in [0, 0.05) is 5.54 Å². The highest BCUT2D eigenvalue weighted by Crippen LogP contribution is 2.65. The van der Waals surface area contributed by atoms with Gasteiger partial charge in [0.2, 0.25) is 11.8 Å². The average Bonchev–Trinajstić information content (AvgIpc) is 3.40. The van der Waals surface area contributed by atoms with Gasteiger partial charge in [-0.25, -0.2) is 0 Å². The molecule has 0 spiro atoms. The zero-order valence-electron chi connectivity index (χ0n) is 19.4. The van der Waals surface area contributed by atoms with Crippen molar-refractivity contribution in [3.63, 3.8) is 0 Å². The van der Waals surface area contributed by atoms with E-state index in [0.29, 0.717) is 12.0 Å². The summed E-state index contributed by atoms with van der Waals surface area (Å²) >= 11 is 17.4. The highest BCUT2D eigenvalue weighted by atomic mass is 79.9. The third-order valence-electron chi connectivity index (χ3n) is 7.81. The molecule has 0 bridgehead atoms. The molecule has 3 heterocycles. The van der Waals surface area contributed by atoms with E-state index < -0.39 is 50.8 Å². The van der Waals surface area contributed by atoms with Gasteiger partial charge in [-0.3, -0.25) is 29.0 Å². The van der Waals surface area contributed by atoms with Gasteiger partial charge in [0.1, 0.15) is 18.1 Å². The van der Waals surface area contributed by atoms with Crippen LogP contribution in [0.2, 0.25) is 0 Å². The zero-order valence-corrected chi connectivity index (χ0v) is 22.5. The van der Waals surface area contributed by atoms with Gasteiger partial charge in [0.05, 0.1) is 23.2 Å². The average molecular weight is 588 g/mol. The van der Waals surface area contributed by atoms with Crippen LogP contribution in [0, 0.1) is 17.8 Å². The molecule has 1 aromatic rings. The highest BCUT2D eigenvalue weighted by molar-refractivity contribution is 9.09. The van der Waals surface area contributed by atoms with Crippen molar-refractivity contribution in [1.82, 2.24) is 9.80 Å². The molecule has 1 aromatic heterocycles. The molecular formula is C24H25BrCl2N2O6. The number of alkyl halides is 3. The van der Waals surface area contributed by atoms with Gasteiger partial charge in [-0.1, -0.05) is 27.6 Å². The summed E-state index contributed by atoms with van der Waals surface area (Å²) in [5, 5.41) is 9.56. The summed E-state index contributed by atoms with van der Waals surface area (Å²) in [4.78, 5) is 52.5. The first-order chi connectivity index (χ1) is 16.3. The maximum Gasteiger partial charge on any atom is 0.254 e. The van der Waals surface area contributed by atoms with Crippen LogP contribution >= 0.6 is 39.1 Å². The molecule has 6 atom stereocenters. The van der Waals surface area contributed by atoms with Crippen LogP contribution < -0.4 is 0 Å². The van der Waals surface area contributed by atoms with E-state index >= 15 is 0 Å². The van der Waals surface area contributed by atoms with Crippen molar-refractivity contribution < 1.29 is 28.7 Å². The number of carbonyl (C=O) groups excluding carboxylic acids is 4. The fourth-order valence-electron chi connectivity index (χ4n) is 6.36. The van der Waals surface area contributed by atoms with Crippen LogP contribution in [0.5, 0.6) is 0 Å². The Hall–Kier alpha value is -1.68. The minimum atomic E-state index is -1.91. The molecule has 6 unspecified atom stereocenters. The Labute approximate surface area is 220 Å². The summed E-state index contributed by atoms with van der Waals surface area (Å²) in [5.74, 6) is -4.21. The SMILES string of the molecule is CC(C)(C)N1C(=O)C2CC=C3C(CC4(Cl)C(=O)N(CBr)C(=O)C4(Cl)C3c3ccc(CO)o3)C2C1=O. The number of amides is 4. The zero-order chi connectivity index (χ0) is 25.7. The predicted octanol–water partition coefficient (Wildman–Crippen LogP) is 3.28. The van der Waals surface area contributed by atoms with Crippen LogP contribution in [0.3, 0.4) is 0 Å². The summed E-state index contributed by atoms with van der Waals surface area (Å²) in [7, 11) is 0. The summed E-state index contributed by atoms with van der Waals surface area (Å²) in [6, 6.07) is 3.17. The van der Waals surface area contributed by atoms with Gasteiger partial charge in [-0.05, 0) is 51.7 Å². The first-order valence-corrected chi connectivity index (χ1v) is 13.3. The number of nitrogens with zero attached hydrogens (tertiary/aromatic N) is 2. The van der Waals surface area contributed by atoms with Crippen molar-refractivity contribution in [2.24, 2.45) is 17.8 Å². The van der Waals surface area contributed by atoms with Gasteiger partial charge >= 0.3 is 0 Å². The fraction of sp³-hybridized carbons (Fsp3) is 0.583.